The highest BCUT2D eigenvalue weighted by molar-refractivity contribution is 7.99. The van der Waals surface area contributed by atoms with Gasteiger partial charge in [-0.25, -0.2) is 9.78 Å². The van der Waals surface area contributed by atoms with E-state index in [1.165, 1.54) is 23.9 Å². The van der Waals surface area contributed by atoms with E-state index in [0.29, 0.717) is 22.0 Å². The molecule has 0 bridgehead atoms. The molecule has 0 saturated heterocycles. The van der Waals surface area contributed by atoms with Crippen LogP contribution in [0.2, 0.25) is 5.02 Å². The van der Waals surface area contributed by atoms with Gasteiger partial charge < -0.3 is 10.4 Å². The maximum Gasteiger partial charge on any atom is 0.337 e. The van der Waals surface area contributed by atoms with Gasteiger partial charge >= 0.3 is 5.97 Å². The van der Waals surface area contributed by atoms with Crippen molar-refractivity contribution in [2.24, 2.45) is 0 Å². The Kier molecular flexibility index (Phi) is 6.83. The lowest BCUT2D eigenvalue weighted by atomic mass is 10.1. The van der Waals surface area contributed by atoms with Crippen LogP contribution >= 0.6 is 23.4 Å². The molecule has 0 saturated carbocycles. The summed E-state index contributed by atoms with van der Waals surface area (Å²) in [5, 5.41) is 21.8. The van der Waals surface area contributed by atoms with Crippen molar-refractivity contribution in [1.29, 1.82) is 5.26 Å². The average molecular weight is 404 g/mol. The summed E-state index contributed by atoms with van der Waals surface area (Å²) in [6.45, 7) is 5.71. The zero-order chi connectivity index (χ0) is 20.1. The van der Waals surface area contributed by atoms with Crippen LogP contribution in [0.25, 0.3) is 0 Å². The second-order valence-corrected chi connectivity index (χ2v) is 7.38. The number of carboxylic acid groups (broad SMARTS) is 1. The molecule has 1 amide bonds. The second-order valence-electron chi connectivity index (χ2n) is 5.89. The third-order valence-electron chi connectivity index (χ3n) is 4.12. The van der Waals surface area contributed by atoms with Crippen LogP contribution in [0.1, 0.15) is 39.2 Å². The Morgan fingerprint density at radius 2 is 2.00 bits per heavy atom. The van der Waals surface area contributed by atoms with Crippen molar-refractivity contribution in [3.8, 4) is 6.07 Å². The van der Waals surface area contributed by atoms with E-state index in [9.17, 15) is 14.9 Å². The summed E-state index contributed by atoms with van der Waals surface area (Å²) in [6, 6.07) is 6.47. The number of aryl methyl sites for hydroxylation is 1. The van der Waals surface area contributed by atoms with Crippen molar-refractivity contribution < 1.29 is 14.7 Å². The van der Waals surface area contributed by atoms with Gasteiger partial charge in [-0.3, -0.25) is 4.79 Å². The third kappa shape index (κ3) is 5.00. The third-order valence-corrected chi connectivity index (χ3v) is 5.43. The van der Waals surface area contributed by atoms with Gasteiger partial charge in [-0.2, -0.15) is 5.26 Å². The summed E-state index contributed by atoms with van der Waals surface area (Å²) < 4.78 is 0. The van der Waals surface area contributed by atoms with Crippen LogP contribution in [0.15, 0.2) is 23.2 Å². The number of carboxylic acids is 1. The van der Waals surface area contributed by atoms with Gasteiger partial charge in [0.25, 0.3) is 0 Å². The Bertz CT molecular complexity index is 954. The van der Waals surface area contributed by atoms with Crippen molar-refractivity contribution >= 4 is 40.9 Å². The van der Waals surface area contributed by atoms with Gasteiger partial charge in [0.1, 0.15) is 11.1 Å². The number of aromatic nitrogens is 1. The van der Waals surface area contributed by atoms with E-state index < -0.39 is 5.97 Å². The van der Waals surface area contributed by atoms with Crippen molar-refractivity contribution in [1.82, 2.24) is 4.98 Å². The second kappa shape index (κ2) is 8.89. The van der Waals surface area contributed by atoms with Crippen LogP contribution in [0.3, 0.4) is 0 Å². The molecule has 1 aromatic carbocycles. The van der Waals surface area contributed by atoms with Gasteiger partial charge in [0, 0.05) is 23.6 Å². The summed E-state index contributed by atoms with van der Waals surface area (Å²) in [7, 11) is 0. The van der Waals surface area contributed by atoms with Crippen molar-refractivity contribution in [2.45, 2.75) is 32.2 Å². The van der Waals surface area contributed by atoms with Crippen molar-refractivity contribution in [2.75, 3.05) is 11.1 Å². The molecular weight excluding hydrogens is 386 g/mol. The number of aromatic carboxylic acids is 1. The Labute approximate surface area is 166 Å². The lowest BCUT2D eigenvalue weighted by molar-refractivity contribution is -0.115. The Morgan fingerprint density at radius 3 is 2.63 bits per heavy atom. The summed E-state index contributed by atoms with van der Waals surface area (Å²) in [6.07, 6.45) is 0.189. The molecule has 2 N–H and O–H groups in total. The Morgan fingerprint density at radius 1 is 1.30 bits per heavy atom. The SMILES string of the molecule is Cc1nc(SCCC(=O)Nc2ccc(Cl)c(C(=O)O)c2)c(C#N)c(C)c1C. The molecule has 0 unspecified atom stereocenters. The highest BCUT2D eigenvalue weighted by Gasteiger charge is 2.14. The number of amides is 1. The number of nitrogens with one attached hydrogen (secondary N) is 1. The fourth-order valence-electron chi connectivity index (χ4n) is 2.38. The number of rotatable bonds is 6. The van der Waals surface area contributed by atoms with Crippen molar-refractivity contribution in [3.63, 3.8) is 0 Å². The van der Waals surface area contributed by atoms with Crippen LogP contribution in [-0.2, 0) is 4.79 Å². The van der Waals surface area contributed by atoms with Gasteiger partial charge in [-0.15, -0.1) is 11.8 Å². The highest BCUT2D eigenvalue weighted by Crippen LogP contribution is 2.27. The van der Waals surface area contributed by atoms with Crippen LogP contribution in [0.4, 0.5) is 5.69 Å². The van der Waals surface area contributed by atoms with E-state index in [1.54, 1.807) is 6.07 Å². The summed E-state index contributed by atoms with van der Waals surface area (Å²) in [5.41, 5.74) is 3.58. The molecule has 2 aromatic rings. The highest BCUT2D eigenvalue weighted by atomic mass is 35.5. The zero-order valence-electron chi connectivity index (χ0n) is 15.1. The number of hydrogen-bond donors (Lipinski definition) is 2. The molecule has 1 aromatic heterocycles. The molecule has 6 nitrogen and oxygen atoms in total. The molecule has 0 fully saturated rings. The molecule has 0 aliphatic heterocycles. The predicted octanol–water partition coefficient (Wildman–Crippen LogP) is 4.35. The van der Waals surface area contributed by atoms with E-state index in [0.717, 1.165) is 16.8 Å². The number of anilines is 1. The van der Waals surface area contributed by atoms with Gasteiger partial charge in [0.2, 0.25) is 5.91 Å². The monoisotopic (exact) mass is 403 g/mol. The van der Waals surface area contributed by atoms with E-state index in [4.69, 9.17) is 16.7 Å². The Balaban J connectivity index is 2.01. The number of nitriles is 1. The lowest BCUT2D eigenvalue weighted by Crippen LogP contribution is -2.13. The molecule has 0 spiro atoms. The van der Waals surface area contributed by atoms with Gasteiger partial charge in [-0.1, -0.05) is 11.6 Å². The standard InChI is InChI=1S/C19H18ClN3O3S/c1-10-11(2)15(9-21)18(22-12(10)3)27-7-6-17(24)23-13-4-5-16(20)14(8-13)19(25)26/h4-5,8H,6-7H2,1-3H3,(H,23,24)(H,25,26). The molecule has 0 atom stereocenters. The number of pyridine rings is 1. The van der Waals surface area contributed by atoms with Gasteiger partial charge in [0.05, 0.1) is 16.1 Å². The molecule has 8 heteroatoms. The van der Waals surface area contributed by atoms with E-state index in [-0.39, 0.29) is 22.9 Å². The number of carbonyl (C=O) groups is 2. The average Bonchev–Trinajstić information content (AvgIpc) is 2.61. The minimum absolute atomic E-state index is 0.0719. The Hall–Kier alpha value is -2.56. The number of halogens is 1. The lowest BCUT2D eigenvalue weighted by Gasteiger charge is -2.11. The van der Waals surface area contributed by atoms with Crippen LogP contribution in [0.5, 0.6) is 0 Å². The zero-order valence-corrected chi connectivity index (χ0v) is 16.7. The number of thioether (sulfide) groups is 1. The first-order valence-corrected chi connectivity index (χ1v) is 9.44. The first-order chi connectivity index (χ1) is 12.7. The largest absolute Gasteiger partial charge is 0.478 e. The first kappa shape index (κ1) is 20.7. The maximum atomic E-state index is 12.1. The van der Waals surface area contributed by atoms with Crippen molar-refractivity contribution in [3.05, 3.63) is 51.2 Å². The van der Waals surface area contributed by atoms with Crippen LogP contribution < -0.4 is 5.32 Å². The van der Waals surface area contributed by atoms with E-state index in [1.807, 2.05) is 20.8 Å². The minimum atomic E-state index is -1.16. The topological polar surface area (TPSA) is 103 Å². The number of benzene rings is 1. The molecule has 27 heavy (non-hydrogen) atoms. The quantitative estimate of drug-likeness (QED) is 0.695. The molecule has 0 aliphatic rings. The molecule has 1 heterocycles. The molecule has 140 valence electrons. The molecule has 0 radical (unpaired) electrons. The first-order valence-electron chi connectivity index (χ1n) is 8.08. The fourth-order valence-corrected chi connectivity index (χ4v) is 3.60. The van der Waals surface area contributed by atoms with E-state index >= 15 is 0 Å². The number of carbonyl (C=O) groups excluding carboxylic acids is 1. The van der Waals surface area contributed by atoms with Gasteiger partial charge in [-0.05, 0) is 50.1 Å². The minimum Gasteiger partial charge on any atom is -0.478 e. The normalized spacial score (nSPS) is 10.3. The van der Waals surface area contributed by atoms with Crippen LogP contribution in [0, 0.1) is 32.1 Å². The van der Waals surface area contributed by atoms with Gasteiger partial charge in [0.15, 0.2) is 0 Å². The number of nitrogens with zero attached hydrogens (tertiary/aromatic N) is 2. The molecule has 0 aliphatic carbocycles. The molecular formula is C19H18ClN3O3S. The fraction of sp³-hybridized carbons (Fsp3) is 0.263. The molecule has 2 rings (SSSR count). The smallest absolute Gasteiger partial charge is 0.337 e. The predicted molar refractivity (Wildman–Crippen MR) is 106 cm³/mol. The van der Waals surface area contributed by atoms with Crippen LogP contribution in [-0.4, -0.2) is 27.7 Å². The number of hydrogen-bond acceptors (Lipinski definition) is 5. The summed E-state index contributed by atoms with van der Waals surface area (Å²) in [4.78, 5) is 27.7. The summed E-state index contributed by atoms with van der Waals surface area (Å²) >= 11 is 7.16. The maximum absolute atomic E-state index is 12.1. The van der Waals surface area contributed by atoms with E-state index in [2.05, 4.69) is 16.4 Å². The summed E-state index contributed by atoms with van der Waals surface area (Å²) in [5.74, 6) is -0.985.